The number of aldehydes is 1. The van der Waals surface area contributed by atoms with Crippen molar-refractivity contribution in [2.75, 3.05) is 0 Å². The van der Waals surface area contributed by atoms with Gasteiger partial charge in [-0.1, -0.05) is 6.08 Å². The Kier molecular flexibility index (Phi) is 14.0. The van der Waals surface area contributed by atoms with Crippen LogP contribution in [0.5, 0.6) is 0 Å². The Morgan fingerprint density at radius 3 is 2.00 bits per heavy atom. The number of hydrogen-bond donors (Lipinski definition) is 0. The third kappa shape index (κ3) is 8.94. The first-order valence-electron chi connectivity index (χ1n) is 1.48. The van der Waals surface area contributed by atoms with Crippen LogP contribution in [0.1, 0.15) is 6.92 Å². The van der Waals surface area contributed by atoms with E-state index in [1.807, 2.05) is 0 Å². The second-order valence-corrected chi connectivity index (χ2v) is 0.662. The van der Waals surface area contributed by atoms with Crippen molar-refractivity contribution in [3.63, 3.8) is 0 Å². The fourth-order valence-electron chi connectivity index (χ4n) is 0.0786. The molecule has 0 aliphatic rings. The van der Waals surface area contributed by atoms with Gasteiger partial charge in [0, 0.05) is 21.1 Å². The number of allylic oxidation sites excluding steroid dienone is 2. The molecule has 0 atom stereocenters. The zero-order valence-corrected chi connectivity index (χ0v) is 5.73. The van der Waals surface area contributed by atoms with Crippen molar-refractivity contribution < 1.29 is 25.9 Å². The van der Waals surface area contributed by atoms with Gasteiger partial charge < -0.3 is 0 Å². The summed E-state index contributed by atoms with van der Waals surface area (Å²) in [5, 5.41) is 0. The maximum Gasteiger partial charge on any atom is 0.142 e. The molecule has 0 N–H and O–H groups in total. The van der Waals surface area contributed by atoms with E-state index in [2.05, 4.69) is 0 Å². The quantitative estimate of drug-likeness (QED) is 0.505. The summed E-state index contributed by atoms with van der Waals surface area (Å²) in [7, 11) is 0. The zero-order chi connectivity index (χ0) is 4.12. The minimum atomic E-state index is 0. The number of carbonyl (C=O) groups excluding carboxylic acids is 1. The monoisotopic (exact) mass is 265 g/mol. The summed E-state index contributed by atoms with van der Waals surface area (Å²) >= 11 is 0. The van der Waals surface area contributed by atoms with Crippen LogP contribution in [0.15, 0.2) is 12.2 Å². The minimum Gasteiger partial charge on any atom is -0.299 e. The van der Waals surface area contributed by atoms with Crippen molar-refractivity contribution in [3.05, 3.63) is 12.2 Å². The Morgan fingerprint density at radius 1 is 1.50 bits per heavy atom. The summed E-state index contributed by atoms with van der Waals surface area (Å²) in [5.74, 6) is 0. The molecular weight excluding hydrogens is 259 g/mol. The van der Waals surface area contributed by atoms with Crippen LogP contribution in [-0.2, 0) is 25.9 Å². The zero-order valence-electron chi connectivity index (χ0n) is 3.46. The smallest absolute Gasteiger partial charge is 0.142 e. The maximum absolute atomic E-state index is 9.32. The second kappa shape index (κ2) is 8.92. The van der Waals surface area contributed by atoms with E-state index in [-0.39, 0.29) is 21.1 Å². The Bertz CT molecular complexity index is 49.5. The molecule has 0 rings (SSSR count). The molecule has 0 heterocycles. The Labute approximate surface area is 51.7 Å². The molecule has 2 heteroatoms. The maximum atomic E-state index is 9.32. The van der Waals surface area contributed by atoms with E-state index in [4.69, 9.17) is 0 Å². The molecule has 1 nitrogen and oxygen atoms in total. The average molecular weight is 265 g/mol. The molecule has 0 amide bonds. The van der Waals surface area contributed by atoms with Crippen LogP contribution in [0, 0.1) is 0 Å². The molecule has 0 aromatic carbocycles. The summed E-state index contributed by atoms with van der Waals surface area (Å²) in [5.41, 5.74) is 0. The molecule has 0 aliphatic carbocycles. The summed E-state index contributed by atoms with van der Waals surface area (Å²) in [4.78, 5) is 9.32. The number of carbonyl (C=O) groups is 1. The molecule has 0 fully saturated rings. The third-order valence-electron chi connectivity index (χ3n) is 0.271. The summed E-state index contributed by atoms with van der Waals surface area (Å²) in [6.07, 6.45) is 3.88. The topological polar surface area (TPSA) is 17.1 Å². The van der Waals surface area contributed by atoms with Gasteiger partial charge in [0.25, 0.3) is 0 Å². The van der Waals surface area contributed by atoms with Gasteiger partial charge in [-0.2, -0.15) is 0 Å². The molecule has 0 saturated heterocycles. The molecule has 0 aromatic rings. The first kappa shape index (κ1) is 9.44. The van der Waals surface area contributed by atoms with Crippen molar-refractivity contribution in [2.24, 2.45) is 0 Å². The molecule has 6 heavy (non-hydrogen) atoms. The minimum absolute atomic E-state index is 0. The van der Waals surface area contributed by atoms with E-state index < -0.39 is 0 Å². The Balaban J connectivity index is 0. The second-order valence-electron chi connectivity index (χ2n) is 0.662. The standard InChI is InChI=1S/C4H6O.Pt/c1-2-3-4-5;/h2-4H,1H3;. The molecule has 0 bridgehead atoms. The van der Waals surface area contributed by atoms with Crippen molar-refractivity contribution in [1.82, 2.24) is 0 Å². The van der Waals surface area contributed by atoms with Crippen LogP contribution in [0.3, 0.4) is 0 Å². The molecule has 0 saturated carbocycles. The van der Waals surface area contributed by atoms with Gasteiger partial charge in [-0.25, -0.2) is 0 Å². The van der Waals surface area contributed by atoms with E-state index in [1.165, 1.54) is 6.08 Å². The van der Waals surface area contributed by atoms with Crippen LogP contribution in [0.25, 0.3) is 0 Å². The van der Waals surface area contributed by atoms with E-state index in [9.17, 15) is 4.79 Å². The van der Waals surface area contributed by atoms with E-state index in [0.717, 1.165) is 6.29 Å². The fraction of sp³-hybridized carbons (Fsp3) is 0.250. The average Bonchev–Trinajstić information content (AvgIpc) is 1.41. The molecular formula is C4H6OPt. The molecule has 0 unspecified atom stereocenters. The molecule has 0 radical (unpaired) electrons. The van der Waals surface area contributed by atoms with Crippen LogP contribution in [0.2, 0.25) is 0 Å². The normalized spacial score (nSPS) is 7.50. The fourth-order valence-corrected chi connectivity index (χ4v) is 0.0786. The van der Waals surface area contributed by atoms with Gasteiger partial charge in [-0.05, 0) is 13.0 Å². The van der Waals surface area contributed by atoms with Crippen LogP contribution < -0.4 is 0 Å². The van der Waals surface area contributed by atoms with Gasteiger partial charge >= 0.3 is 0 Å². The predicted molar refractivity (Wildman–Crippen MR) is 20.9 cm³/mol. The summed E-state index contributed by atoms with van der Waals surface area (Å²) in [6.45, 7) is 1.80. The molecule has 0 aliphatic heterocycles. The van der Waals surface area contributed by atoms with Crippen LogP contribution >= 0.6 is 0 Å². The van der Waals surface area contributed by atoms with E-state index in [0.29, 0.717) is 0 Å². The van der Waals surface area contributed by atoms with Gasteiger partial charge in [0.05, 0.1) is 0 Å². The predicted octanol–water partition coefficient (Wildman–Crippen LogP) is 0.759. The van der Waals surface area contributed by atoms with Crippen molar-refractivity contribution in [2.45, 2.75) is 6.92 Å². The third-order valence-corrected chi connectivity index (χ3v) is 0.271. The molecule has 0 aromatic heterocycles. The Hall–Kier alpha value is 0.0983. The number of rotatable bonds is 1. The molecule has 0 spiro atoms. The van der Waals surface area contributed by atoms with Gasteiger partial charge in [0.1, 0.15) is 6.29 Å². The van der Waals surface area contributed by atoms with Gasteiger partial charge in [-0.3, -0.25) is 4.79 Å². The first-order chi connectivity index (χ1) is 2.41. The van der Waals surface area contributed by atoms with Gasteiger partial charge in [-0.15, -0.1) is 0 Å². The SMILES string of the molecule is CC=CC=O.[Pt]. The van der Waals surface area contributed by atoms with Crippen molar-refractivity contribution in [1.29, 1.82) is 0 Å². The van der Waals surface area contributed by atoms with E-state index >= 15 is 0 Å². The van der Waals surface area contributed by atoms with Crippen molar-refractivity contribution in [3.8, 4) is 0 Å². The Morgan fingerprint density at radius 2 is 2.00 bits per heavy atom. The van der Waals surface area contributed by atoms with Crippen LogP contribution in [-0.4, -0.2) is 6.29 Å². The van der Waals surface area contributed by atoms with Crippen LogP contribution in [0.4, 0.5) is 0 Å². The van der Waals surface area contributed by atoms with Gasteiger partial charge in [0.2, 0.25) is 0 Å². The largest absolute Gasteiger partial charge is 0.299 e. The van der Waals surface area contributed by atoms with E-state index in [1.54, 1.807) is 13.0 Å². The molecule has 38 valence electrons. The number of hydrogen-bond acceptors (Lipinski definition) is 1. The first-order valence-corrected chi connectivity index (χ1v) is 1.48. The van der Waals surface area contributed by atoms with Gasteiger partial charge in [0.15, 0.2) is 0 Å². The van der Waals surface area contributed by atoms with Crippen molar-refractivity contribution >= 4 is 6.29 Å². The summed E-state index contributed by atoms with van der Waals surface area (Å²) < 4.78 is 0. The summed E-state index contributed by atoms with van der Waals surface area (Å²) in [6, 6.07) is 0.